The van der Waals surface area contributed by atoms with Gasteiger partial charge in [-0.1, -0.05) is 83.0 Å². The lowest BCUT2D eigenvalue weighted by Crippen LogP contribution is -2.15. The van der Waals surface area contributed by atoms with Gasteiger partial charge in [0.05, 0.1) is 23.8 Å². The highest BCUT2D eigenvalue weighted by Crippen LogP contribution is 2.21. The Kier molecular flexibility index (Phi) is 17.9. The topological polar surface area (TPSA) is 82.1 Å². The number of unbranched alkanes of at least 4 members (excludes halogenated alkanes) is 11. The monoisotopic (exact) mass is 658 g/mol. The fraction of sp³-hybridized carbons (Fsp3) is 0.463. The van der Waals surface area contributed by atoms with E-state index in [-0.39, 0.29) is 17.8 Å². The Morgan fingerprint density at radius 3 is 1.92 bits per heavy atom. The summed E-state index contributed by atoms with van der Waals surface area (Å²) in [5, 5.41) is 8.81. The highest BCUT2D eigenvalue weighted by atomic mass is 19.1. The molecule has 0 heterocycles. The molecule has 258 valence electrons. The van der Waals surface area contributed by atoms with Crippen molar-refractivity contribution in [3.8, 4) is 23.3 Å². The molecule has 0 unspecified atom stereocenters. The molecule has 0 radical (unpaired) electrons. The zero-order chi connectivity index (χ0) is 34.4. The lowest BCUT2D eigenvalue weighted by atomic mass is 10.1. The first-order valence-corrected chi connectivity index (χ1v) is 17.6. The Bertz CT molecular complexity index is 1440. The average Bonchev–Trinajstić information content (AvgIpc) is 3.09. The van der Waals surface area contributed by atoms with Gasteiger partial charge < -0.3 is 19.3 Å². The quantitative estimate of drug-likeness (QED) is 0.0531. The van der Waals surface area contributed by atoms with Crippen LogP contribution in [0.25, 0.3) is 0 Å². The maximum absolute atomic E-state index is 14.8. The number of hydrogen-bond donors (Lipinski definition) is 1. The Hall–Kier alpha value is -4.15. The summed E-state index contributed by atoms with van der Waals surface area (Å²) in [6.07, 6.45) is 15.4. The number of aliphatic hydroxyl groups is 1. The number of benzene rings is 3. The first kappa shape index (κ1) is 38.3. The van der Waals surface area contributed by atoms with E-state index in [2.05, 4.69) is 18.8 Å². The van der Waals surface area contributed by atoms with Gasteiger partial charge in [-0.25, -0.2) is 14.0 Å². The van der Waals surface area contributed by atoms with E-state index in [4.69, 9.17) is 19.3 Å². The van der Waals surface area contributed by atoms with E-state index in [0.717, 1.165) is 44.9 Å². The zero-order valence-electron chi connectivity index (χ0n) is 28.6. The number of esters is 2. The normalized spacial score (nSPS) is 11.3. The minimum atomic E-state index is -0.696. The number of carbonyl (C=O) groups excluding carboxylic acids is 2. The van der Waals surface area contributed by atoms with Crippen molar-refractivity contribution in [2.75, 3.05) is 13.2 Å². The Balaban J connectivity index is 1.40. The van der Waals surface area contributed by atoms with Crippen LogP contribution in [-0.4, -0.2) is 36.4 Å². The van der Waals surface area contributed by atoms with Crippen LogP contribution in [0.3, 0.4) is 0 Å². The van der Waals surface area contributed by atoms with E-state index in [0.29, 0.717) is 41.2 Å². The summed E-state index contributed by atoms with van der Waals surface area (Å²) in [5.41, 5.74) is 1.83. The highest BCUT2D eigenvalue weighted by molar-refractivity contribution is 5.91. The maximum Gasteiger partial charge on any atom is 0.343 e. The van der Waals surface area contributed by atoms with Crippen LogP contribution in [0.2, 0.25) is 0 Å². The van der Waals surface area contributed by atoms with Gasteiger partial charge in [-0.3, -0.25) is 0 Å². The van der Waals surface area contributed by atoms with Crippen molar-refractivity contribution in [3.05, 3.63) is 94.8 Å². The molecule has 3 rings (SSSR count). The molecule has 0 spiro atoms. The number of halogens is 1. The Morgan fingerprint density at radius 2 is 1.27 bits per heavy atom. The predicted molar refractivity (Wildman–Crippen MR) is 188 cm³/mol. The van der Waals surface area contributed by atoms with Gasteiger partial charge in [-0.15, -0.1) is 0 Å². The van der Waals surface area contributed by atoms with E-state index < -0.39 is 11.8 Å². The van der Waals surface area contributed by atoms with Crippen LogP contribution in [0, 0.1) is 17.7 Å². The number of hydrogen-bond acceptors (Lipinski definition) is 6. The van der Waals surface area contributed by atoms with Crippen molar-refractivity contribution in [3.63, 3.8) is 0 Å². The van der Waals surface area contributed by atoms with Gasteiger partial charge in [0.1, 0.15) is 5.75 Å². The molecular formula is C41H51FO6. The third-order valence-corrected chi connectivity index (χ3v) is 8.04. The van der Waals surface area contributed by atoms with Gasteiger partial charge in [-0.05, 0) is 99.3 Å². The van der Waals surface area contributed by atoms with Crippen molar-refractivity contribution in [1.82, 2.24) is 0 Å². The molecular weight excluding hydrogens is 607 g/mol. The molecule has 48 heavy (non-hydrogen) atoms. The smallest absolute Gasteiger partial charge is 0.343 e. The van der Waals surface area contributed by atoms with Gasteiger partial charge in [0, 0.05) is 17.7 Å². The van der Waals surface area contributed by atoms with Crippen LogP contribution in [0.1, 0.15) is 136 Å². The molecule has 0 amide bonds. The molecule has 0 aliphatic carbocycles. The van der Waals surface area contributed by atoms with Gasteiger partial charge in [-0.2, -0.15) is 0 Å². The molecule has 0 bridgehead atoms. The molecule has 3 aromatic carbocycles. The summed E-state index contributed by atoms with van der Waals surface area (Å²) in [4.78, 5) is 25.1. The van der Waals surface area contributed by atoms with E-state index >= 15 is 0 Å². The number of aliphatic hydroxyl groups excluding tert-OH is 1. The van der Waals surface area contributed by atoms with E-state index in [9.17, 15) is 14.0 Å². The van der Waals surface area contributed by atoms with Crippen molar-refractivity contribution in [2.24, 2.45) is 0 Å². The number of carbonyl (C=O) groups is 2. The largest absolute Gasteiger partial charge is 0.494 e. The molecule has 0 aliphatic heterocycles. The number of rotatable bonds is 21. The van der Waals surface area contributed by atoms with Crippen LogP contribution in [0.5, 0.6) is 11.5 Å². The van der Waals surface area contributed by atoms with Crippen molar-refractivity contribution in [2.45, 2.75) is 110 Å². The van der Waals surface area contributed by atoms with Gasteiger partial charge in [0.2, 0.25) is 0 Å². The fourth-order valence-corrected chi connectivity index (χ4v) is 5.15. The highest BCUT2D eigenvalue weighted by Gasteiger charge is 2.14. The molecule has 0 saturated heterocycles. The van der Waals surface area contributed by atoms with Crippen LogP contribution >= 0.6 is 0 Å². The fourth-order valence-electron chi connectivity index (χ4n) is 5.15. The molecule has 0 saturated carbocycles. The van der Waals surface area contributed by atoms with Crippen LogP contribution in [-0.2, 0) is 4.74 Å². The van der Waals surface area contributed by atoms with E-state index in [1.54, 1.807) is 54.6 Å². The lowest BCUT2D eigenvalue weighted by Gasteiger charge is -2.13. The molecule has 0 fully saturated rings. The summed E-state index contributed by atoms with van der Waals surface area (Å²) in [5.74, 6) is 4.64. The first-order valence-electron chi connectivity index (χ1n) is 17.6. The maximum atomic E-state index is 14.8. The van der Waals surface area contributed by atoms with Crippen LogP contribution in [0.15, 0.2) is 66.7 Å². The molecule has 1 N–H and O–H groups in total. The van der Waals surface area contributed by atoms with Crippen LogP contribution in [0.4, 0.5) is 4.39 Å². The van der Waals surface area contributed by atoms with E-state index in [1.807, 2.05) is 6.92 Å². The SMILES string of the molecule is CCCCCC[C@H](C)OC(=O)c1ccc(C#Cc2ccc(OC(=O)c3ccc(OCCCCCCCCCCCO)cc3)c(F)c2)cc1. The third-order valence-electron chi connectivity index (χ3n) is 8.04. The summed E-state index contributed by atoms with van der Waals surface area (Å²) in [7, 11) is 0. The summed E-state index contributed by atoms with van der Waals surface area (Å²) in [6.45, 7) is 4.98. The standard InChI is InChI=1S/C41H51FO6/c1-3-4-5-13-16-32(2)47-40(44)35-22-19-33(20-23-35)17-18-34-21-28-39(38(42)31-34)48-41(45)36-24-26-37(27-25-36)46-30-15-12-10-8-6-7-9-11-14-29-43/h19-28,31-32,43H,3-16,29-30H2,1-2H3/t32-/m0/s1. The zero-order valence-corrected chi connectivity index (χ0v) is 28.6. The molecule has 3 aromatic rings. The first-order chi connectivity index (χ1) is 23.4. The van der Waals surface area contributed by atoms with E-state index in [1.165, 1.54) is 57.1 Å². The predicted octanol–water partition coefficient (Wildman–Crippen LogP) is 9.84. The summed E-state index contributed by atoms with van der Waals surface area (Å²) < 4.78 is 31.4. The summed E-state index contributed by atoms with van der Waals surface area (Å²) >= 11 is 0. The molecule has 6 nitrogen and oxygen atoms in total. The second kappa shape index (κ2) is 22.4. The molecule has 0 aromatic heterocycles. The van der Waals surface area contributed by atoms with Gasteiger partial charge >= 0.3 is 11.9 Å². The van der Waals surface area contributed by atoms with Crippen molar-refractivity contribution < 1.29 is 33.3 Å². The van der Waals surface area contributed by atoms with Crippen LogP contribution < -0.4 is 9.47 Å². The Labute approximate surface area is 286 Å². The minimum Gasteiger partial charge on any atom is -0.494 e. The second-order valence-corrected chi connectivity index (χ2v) is 12.2. The number of ether oxygens (including phenoxy) is 3. The molecule has 7 heteroatoms. The van der Waals surface area contributed by atoms with Gasteiger partial charge in [0.25, 0.3) is 0 Å². The van der Waals surface area contributed by atoms with Crippen molar-refractivity contribution in [1.29, 1.82) is 0 Å². The Morgan fingerprint density at radius 1 is 0.708 bits per heavy atom. The van der Waals surface area contributed by atoms with Gasteiger partial charge in [0.15, 0.2) is 11.6 Å². The average molecular weight is 659 g/mol. The minimum absolute atomic E-state index is 0.134. The molecule has 0 aliphatic rings. The second-order valence-electron chi connectivity index (χ2n) is 12.2. The summed E-state index contributed by atoms with van der Waals surface area (Å²) in [6, 6.07) is 17.6. The van der Waals surface area contributed by atoms with Crippen molar-refractivity contribution >= 4 is 11.9 Å². The molecule has 1 atom stereocenters. The third kappa shape index (κ3) is 14.7. The lowest BCUT2D eigenvalue weighted by molar-refractivity contribution is 0.0319.